The molecule has 1 saturated carbocycles. The summed E-state index contributed by atoms with van der Waals surface area (Å²) in [6.45, 7) is 6.20. The van der Waals surface area contributed by atoms with E-state index in [0.29, 0.717) is 23.9 Å². The molecular formula is C22H26O2. The van der Waals surface area contributed by atoms with Crippen molar-refractivity contribution in [3.63, 3.8) is 0 Å². The molecule has 0 unspecified atom stereocenters. The Hall–Kier alpha value is -2.09. The molecule has 1 fully saturated rings. The van der Waals surface area contributed by atoms with Crippen LogP contribution in [0.1, 0.15) is 53.0 Å². The van der Waals surface area contributed by atoms with Crippen LogP contribution in [0.2, 0.25) is 0 Å². The Kier molecular flexibility index (Phi) is 4.75. The largest absolute Gasteiger partial charge is 0.508 e. The third kappa shape index (κ3) is 3.53. The van der Waals surface area contributed by atoms with E-state index in [1.807, 2.05) is 19.1 Å². The van der Waals surface area contributed by atoms with E-state index in [4.69, 9.17) is 0 Å². The second kappa shape index (κ2) is 6.80. The minimum absolute atomic E-state index is 0.0919. The number of carbonyl (C=O) groups is 1. The Morgan fingerprint density at radius 3 is 2.50 bits per heavy atom. The smallest absolute Gasteiger partial charge is 0.136 e. The number of phenols is 1. The Labute approximate surface area is 144 Å². The van der Waals surface area contributed by atoms with E-state index in [2.05, 4.69) is 32.0 Å². The molecule has 0 heterocycles. The summed E-state index contributed by atoms with van der Waals surface area (Å²) in [6, 6.07) is 12.4. The topological polar surface area (TPSA) is 37.3 Å². The minimum atomic E-state index is 0.0919. The molecule has 2 aromatic rings. The van der Waals surface area contributed by atoms with Crippen molar-refractivity contribution in [3.05, 3.63) is 64.2 Å². The molecule has 0 amide bonds. The van der Waals surface area contributed by atoms with E-state index in [1.165, 1.54) is 16.7 Å². The Bertz CT molecular complexity index is 761. The van der Waals surface area contributed by atoms with Gasteiger partial charge in [-0.25, -0.2) is 0 Å². The van der Waals surface area contributed by atoms with Crippen LogP contribution in [-0.2, 0) is 11.2 Å². The zero-order chi connectivity index (χ0) is 17.3. The summed E-state index contributed by atoms with van der Waals surface area (Å²) < 4.78 is 0. The highest BCUT2D eigenvalue weighted by Gasteiger charge is 2.29. The summed E-state index contributed by atoms with van der Waals surface area (Å²) in [5.41, 5.74) is 6.04. The van der Waals surface area contributed by atoms with Gasteiger partial charge in [0.15, 0.2) is 0 Å². The maximum Gasteiger partial charge on any atom is 0.136 e. The minimum Gasteiger partial charge on any atom is -0.508 e. The number of aryl methyl sites for hydroxylation is 3. The number of phenolic OH excluding ortho intramolecular Hbond substituents is 1. The third-order valence-electron chi connectivity index (χ3n) is 5.51. The quantitative estimate of drug-likeness (QED) is 0.862. The Morgan fingerprint density at radius 2 is 1.79 bits per heavy atom. The monoisotopic (exact) mass is 322 g/mol. The number of Topliss-reactive ketones (excluding diaryl/α,β-unsaturated/α-hetero) is 1. The molecule has 1 N–H and O–H groups in total. The number of carbonyl (C=O) groups excluding carboxylic acids is 1. The number of hydrogen-bond donors (Lipinski definition) is 1. The molecular weight excluding hydrogens is 296 g/mol. The van der Waals surface area contributed by atoms with Crippen molar-refractivity contribution in [2.24, 2.45) is 5.92 Å². The third-order valence-corrected chi connectivity index (χ3v) is 5.51. The Morgan fingerprint density at radius 1 is 1.00 bits per heavy atom. The van der Waals surface area contributed by atoms with Gasteiger partial charge >= 0.3 is 0 Å². The van der Waals surface area contributed by atoms with Gasteiger partial charge in [0.25, 0.3) is 0 Å². The van der Waals surface area contributed by atoms with Crippen molar-refractivity contribution in [1.29, 1.82) is 0 Å². The lowest BCUT2D eigenvalue weighted by molar-refractivity contribution is -0.124. The second-order valence-electron chi connectivity index (χ2n) is 7.30. The molecule has 0 spiro atoms. The fourth-order valence-electron chi connectivity index (χ4n) is 3.76. The van der Waals surface area contributed by atoms with Gasteiger partial charge < -0.3 is 5.11 Å². The number of benzene rings is 2. The van der Waals surface area contributed by atoms with Gasteiger partial charge in [-0.05, 0) is 79.8 Å². The van der Waals surface area contributed by atoms with Gasteiger partial charge in [0, 0.05) is 12.3 Å². The molecule has 1 aliphatic carbocycles. The molecule has 3 rings (SSSR count). The summed E-state index contributed by atoms with van der Waals surface area (Å²) in [5, 5.41) is 9.67. The summed E-state index contributed by atoms with van der Waals surface area (Å²) in [7, 11) is 0. The van der Waals surface area contributed by atoms with Crippen LogP contribution >= 0.6 is 0 Å². The van der Waals surface area contributed by atoms with Crippen molar-refractivity contribution in [2.75, 3.05) is 0 Å². The lowest BCUT2D eigenvalue weighted by Gasteiger charge is -2.29. The summed E-state index contributed by atoms with van der Waals surface area (Å²) in [6.07, 6.45) is 3.36. The highest BCUT2D eigenvalue weighted by Crippen LogP contribution is 2.36. The lowest BCUT2D eigenvalue weighted by atomic mass is 9.74. The van der Waals surface area contributed by atoms with Crippen LogP contribution in [0, 0.1) is 26.7 Å². The van der Waals surface area contributed by atoms with Crippen LogP contribution < -0.4 is 0 Å². The fraction of sp³-hybridized carbons (Fsp3) is 0.409. The molecule has 0 saturated heterocycles. The molecule has 0 aromatic heterocycles. The number of aromatic hydroxyl groups is 1. The van der Waals surface area contributed by atoms with Crippen LogP contribution in [-0.4, -0.2) is 10.9 Å². The van der Waals surface area contributed by atoms with E-state index in [0.717, 1.165) is 30.4 Å². The van der Waals surface area contributed by atoms with Crippen molar-refractivity contribution >= 4 is 5.78 Å². The van der Waals surface area contributed by atoms with Gasteiger partial charge in [0.1, 0.15) is 11.5 Å². The van der Waals surface area contributed by atoms with E-state index >= 15 is 0 Å². The average Bonchev–Trinajstić information content (AvgIpc) is 2.56. The standard InChI is InChI=1S/C22H26O2/c1-14-4-6-18(11-15(14)2)19-7-9-22(24)20(13-19)12-17-5-8-21(23)16(3)10-17/h4-6,8,10-11,19-20,23H,7,9,12-13H2,1-3H3/t19-,20-/m0/s1. The predicted molar refractivity (Wildman–Crippen MR) is 97.6 cm³/mol. The molecule has 2 heteroatoms. The van der Waals surface area contributed by atoms with Gasteiger partial charge in [-0.15, -0.1) is 0 Å². The zero-order valence-corrected chi connectivity index (χ0v) is 14.8. The lowest BCUT2D eigenvalue weighted by Crippen LogP contribution is -2.25. The summed E-state index contributed by atoms with van der Waals surface area (Å²) in [4.78, 5) is 12.4. The molecule has 2 nitrogen and oxygen atoms in total. The van der Waals surface area contributed by atoms with Crippen LogP contribution in [0.3, 0.4) is 0 Å². The van der Waals surface area contributed by atoms with E-state index in [-0.39, 0.29) is 5.92 Å². The van der Waals surface area contributed by atoms with Gasteiger partial charge in [-0.3, -0.25) is 4.79 Å². The number of rotatable bonds is 3. The summed E-state index contributed by atoms with van der Waals surface area (Å²) >= 11 is 0. The van der Waals surface area contributed by atoms with E-state index in [1.54, 1.807) is 6.07 Å². The maximum atomic E-state index is 12.4. The van der Waals surface area contributed by atoms with Gasteiger partial charge in [0.05, 0.1) is 0 Å². The molecule has 126 valence electrons. The van der Waals surface area contributed by atoms with Crippen molar-refractivity contribution < 1.29 is 9.90 Å². The first-order valence-electron chi connectivity index (χ1n) is 8.82. The van der Waals surface area contributed by atoms with Crippen LogP contribution in [0.15, 0.2) is 36.4 Å². The first kappa shape index (κ1) is 16.8. The van der Waals surface area contributed by atoms with E-state index in [9.17, 15) is 9.90 Å². The molecule has 2 atom stereocenters. The highest BCUT2D eigenvalue weighted by atomic mass is 16.3. The van der Waals surface area contributed by atoms with Crippen LogP contribution in [0.25, 0.3) is 0 Å². The molecule has 24 heavy (non-hydrogen) atoms. The SMILES string of the molecule is Cc1ccc([C@H]2CCC(=O)[C@@H](Cc3ccc(O)c(C)c3)C2)cc1C. The highest BCUT2D eigenvalue weighted by molar-refractivity contribution is 5.82. The zero-order valence-electron chi connectivity index (χ0n) is 14.8. The summed E-state index contributed by atoms with van der Waals surface area (Å²) in [5.74, 6) is 1.28. The predicted octanol–water partition coefficient (Wildman–Crippen LogP) is 5.01. The molecule has 0 aliphatic heterocycles. The van der Waals surface area contributed by atoms with Crippen molar-refractivity contribution in [3.8, 4) is 5.75 Å². The normalized spacial score (nSPS) is 21.0. The first-order chi connectivity index (χ1) is 11.4. The van der Waals surface area contributed by atoms with Gasteiger partial charge in [-0.2, -0.15) is 0 Å². The second-order valence-corrected chi connectivity index (χ2v) is 7.30. The molecule has 2 aromatic carbocycles. The van der Waals surface area contributed by atoms with Gasteiger partial charge in [0.2, 0.25) is 0 Å². The van der Waals surface area contributed by atoms with E-state index < -0.39 is 0 Å². The van der Waals surface area contributed by atoms with Gasteiger partial charge in [-0.1, -0.05) is 30.3 Å². The molecule has 1 aliphatic rings. The Balaban J connectivity index is 1.76. The van der Waals surface area contributed by atoms with Crippen LogP contribution in [0.4, 0.5) is 0 Å². The maximum absolute atomic E-state index is 12.4. The first-order valence-corrected chi connectivity index (χ1v) is 8.82. The number of ketones is 1. The van der Waals surface area contributed by atoms with Crippen LogP contribution in [0.5, 0.6) is 5.75 Å². The number of hydrogen-bond acceptors (Lipinski definition) is 2. The molecule has 0 radical (unpaired) electrons. The van der Waals surface area contributed by atoms with Crippen molar-refractivity contribution in [2.45, 2.75) is 52.4 Å². The van der Waals surface area contributed by atoms with Crippen molar-refractivity contribution in [1.82, 2.24) is 0 Å². The average molecular weight is 322 g/mol. The fourth-order valence-corrected chi connectivity index (χ4v) is 3.76. The molecule has 0 bridgehead atoms.